The second kappa shape index (κ2) is 6.89. The second-order valence-electron chi connectivity index (χ2n) is 5.09. The van der Waals surface area contributed by atoms with Gasteiger partial charge in [-0.1, -0.05) is 30.3 Å². The molecule has 0 aliphatic heterocycles. The number of rotatable bonds is 7. The van der Waals surface area contributed by atoms with Crippen molar-refractivity contribution in [3.8, 4) is 0 Å². The minimum Gasteiger partial charge on any atom is -0.468 e. The Morgan fingerprint density at radius 1 is 1.14 bits per heavy atom. The van der Waals surface area contributed by atoms with E-state index in [0.29, 0.717) is 0 Å². The Labute approximate surface area is 125 Å². The van der Waals surface area contributed by atoms with Crippen LogP contribution >= 0.6 is 0 Å². The van der Waals surface area contributed by atoms with Crippen molar-refractivity contribution in [1.29, 1.82) is 0 Å². The predicted octanol–water partition coefficient (Wildman–Crippen LogP) is 2.00. The highest BCUT2D eigenvalue weighted by molar-refractivity contribution is 7.88. The number of hydrogen-bond acceptors (Lipinski definition) is 4. The topological polar surface area (TPSA) is 62.6 Å². The van der Waals surface area contributed by atoms with Crippen molar-refractivity contribution in [1.82, 2.24) is 9.62 Å². The number of hydrogen-bond donors (Lipinski definition) is 1. The van der Waals surface area contributed by atoms with Gasteiger partial charge >= 0.3 is 0 Å². The maximum atomic E-state index is 12.1. The molecule has 0 saturated carbocycles. The van der Waals surface area contributed by atoms with Gasteiger partial charge in [0.25, 0.3) is 0 Å². The number of nitrogens with zero attached hydrogens (tertiary/aromatic N) is 1. The molecular weight excluding hydrogens is 288 g/mol. The van der Waals surface area contributed by atoms with Crippen molar-refractivity contribution >= 4 is 10.0 Å². The number of benzene rings is 1. The molecule has 5 nitrogen and oxygen atoms in total. The van der Waals surface area contributed by atoms with Crippen LogP contribution in [0.4, 0.5) is 0 Å². The lowest BCUT2D eigenvalue weighted by Gasteiger charge is -2.22. The van der Waals surface area contributed by atoms with E-state index in [4.69, 9.17) is 4.42 Å². The molecule has 0 fully saturated rings. The van der Waals surface area contributed by atoms with Crippen LogP contribution in [-0.4, -0.2) is 34.0 Å². The van der Waals surface area contributed by atoms with Crippen LogP contribution in [0.1, 0.15) is 17.4 Å². The summed E-state index contributed by atoms with van der Waals surface area (Å²) < 4.78 is 32.3. The van der Waals surface area contributed by atoms with E-state index < -0.39 is 10.0 Å². The number of sulfonamides is 1. The summed E-state index contributed by atoms with van der Waals surface area (Å²) in [5.74, 6) is 0.717. The number of likely N-dealkylation sites (N-methyl/N-ethyl adjacent to an activating group) is 1. The molecule has 1 atom stereocenters. The number of furan rings is 1. The van der Waals surface area contributed by atoms with Crippen LogP contribution in [0.3, 0.4) is 0 Å². The number of nitrogens with one attached hydrogen (secondary N) is 1. The smallest absolute Gasteiger partial charge is 0.215 e. The summed E-state index contributed by atoms with van der Waals surface area (Å²) in [5, 5.41) is 0. The second-order valence-corrected chi connectivity index (χ2v) is 6.89. The average molecular weight is 308 g/mol. The highest BCUT2D eigenvalue weighted by Gasteiger charge is 2.20. The average Bonchev–Trinajstić information content (AvgIpc) is 2.93. The summed E-state index contributed by atoms with van der Waals surface area (Å²) in [6.45, 7) is 0.273. The first-order chi connectivity index (χ1) is 9.98. The van der Waals surface area contributed by atoms with Crippen LogP contribution in [-0.2, 0) is 15.8 Å². The molecule has 1 heterocycles. The first-order valence-electron chi connectivity index (χ1n) is 6.69. The molecule has 2 aromatic rings. The van der Waals surface area contributed by atoms with Gasteiger partial charge in [-0.2, -0.15) is 0 Å². The van der Waals surface area contributed by atoms with E-state index in [1.54, 1.807) is 24.5 Å². The van der Waals surface area contributed by atoms with Gasteiger partial charge in [-0.05, 0) is 31.8 Å². The minimum absolute atomic E-state index is 0.0217. The van der Waals surface area contributed by atoms with Crippen molar-refractivity contribution in [2.75, 3.05) is 20.6 Å². The summed E-state index contributed by atoms with van der Waals surface area (Å²) in [4.78, 5) is 1.92. The third-order valence-corrected chi connectivity index (χ3v) is 4.51. The summed E-state index contributed by atoms with van der Waals surface area (Å²) in [5.41, 5.74) is 0.768. The fourth-order valence-corrected chi connectivity index (χ4v) is 3.21. The lowest BCUT2D eigenvalue weighted by atomic mass is 10.2. The molecule has 0 aliphatic rings. The molecule has 2 rings (SSSR count). The minimum atomic E-state index is -3.37. The van der Waals surface area contributed by atoms with Crippen LogP contribution in [0.25, 0.3) is 0 Å². The first kappa shape index (κ1) is 15.8. The molecule has 1 N–H and O–H groups in total. The van der Waals surface area contributed by atoms with Gasteiger partial charge in [-0.25, -0.2) is 13.1 Å². The van der Waals surface area contributed by atoms with Gasteiger partial charge in [0.05, 0.1) is 18.1 Å². The van der Waals surface area contributed by atoms with E-state index in [9.17, 15) is 8.42 Å². The van der Waals surface area contributed by atoms with Crippen LogP contribution in [0.15, 0.2) is 53.1 Å². The molecule has 1 aromatic heterocycles. The fourth-order valence-electron chi connectivity index (χ4n) is 2.07. The Bertz CT molecular complexity index is 637. The van der Waals surface area contributed by atoms with Gasteiger partial charge < -0.3 is 4.42 Å². The lowest BCUT2D eigenvalue weighted by molar-refractivity contribution is 0.259. The molecule has 114 valence electrons. The normalized spacial score (nSPS) is 13.5. The molecule has 0 saturated heterocycles. The third-order valence-electron chi connectivity index (χ3n) is 3.19. The molecule has 6 heteroatoms. The standard InChI is InChI=1S/C15H20N2O3S/c1-17(2)14(15-9-6-10-20-15)11-16-21(18,19)12-13-7-4-3-5-8-13/h3-10,14,16H,11-12H2,1-2H3/t14-/m0/s1. The van der Waals surface area contributed by atoms with Crippen LogP contribution in [0, 0.1) is 0 Å². The van der Waals surface area contributed by atoms with Gasteiger partial charge in [-0.15, -0.1) is 0 Å². The first-order valence-corrected chi connectivity index (χ1v) is 8.34. The SMILES string of the molecule is CN(C)[C@@H](CNS(=O)(=O)Cc1ccccc1)c1ccco1. The van der Waals surface area contributed by atoms with Gasteiger partial charge in [0.1, 0.15) is 5.76 Å². The van der Waals surface area contributed by atoms with E-state index in [2.05, 4.69) is 4.72 Å². The molecular formula is C15H20N2O3S. The van der Waals surface area contributed by atoms with Gasteiger partial charge in [-0.3, -0.25) is 4.90 Å². The van der Waals surface area contributed by atoms with E-state index in [0.717, 1.165) is 11.3 Å². The molecule has 0 radical (unpaired) electrons. The van der Waals surface area contributed by atoms with Crippen molar-refractivity contribution in [2.45, 2.75) is 11.8 Å². The van der Waals surface area contributed by atoms with E-state index in [-0.39, 0.29) is 18.3 Å². The summed E-state index contributed by atoms with van der Waals surface area (Å²) in [6, 6.07) is 12.6. The Balaban J connectivity index is 2.00. The van der Waals surface area contributed by atoms with Crippen molar-refractivity contribution in [3.05, 3.63) is 60.1 Å². The van der Waals surface area contributed by atoms with Gasteiger partial charge in [0, 0.05) is 6.54 Å². The monoisotopic (exact) mass is 308 g/mol. The van der Waals surface area contributed by atoms with Gasteiger partial charge in [0.2, 0.25) is 10.0 Å². The molecule has 0 unspecified atom stereocenters. The molecule has 0 amide bonds. The Morgan fingerprint density at radius 2 is 1.86 bits per heavy atom. The van der Waals surface area contributed by atoms with Gasteiger partial charge in [0.15, 0.2) is 0 Å². The maximum Gasteiger partial charge on any atom is 0.215 e. The highest BCUT2D eigenvalue weighted by Crippen LogP contribution is 2.18. The van der Waals surface area contributed by atoms with E-state index >= 15 is 0 Å². The largest absolute Gasteiger partial charge is 0.468 e. The molecule has 0 spiro atoms. The van der Waals surface area contributed by atoms with Crippen LogP contribution < -0.4 is 4.72 Å². The molecule has 0 bridgehead atoms. The lowest BCUT2D eigenvalue weighted by Crippen LogP contribution is -2.35. The van der Waals surface area contributed by atoms with Crippen molar-refractivity contribution < 1.29 is 12.8 Å². The van der Waals surface area contributed by atoms with Crippen LogP contribution in [0.5, 0.6) is 0 Å². The Morgan fingerprint density at radius 3 is 2.43 bits per heavy atom. The van der Waals surface area contributed by atoms with Crippen molar-refractivity contribution in [2.24, 2.45) is 0 Å². The predicted molar refractivity (Wildman–Crippen MR) is 82.2 cm³/mol. The fraction of sp³-hybridized carbons (Fsp3) is 0.333. The summed E-state index contributed by atoms with van der Waals surface area (Å²) in [6.07, 6.45) is 1.59. The van der Waals surface area contributed by atoms with E-state index in [1.807, 2.05) is 43.3 Å². The van der Waals surface area contributed by atoms with Crippen LogP contribution in [0.2, 0.25) is 0 Å². The molecule has 21 heavy (non-hydrogen) atoms. The molecule has 0 aliphatic carbocycles. The Kier molecular flexibility index (Phi) is 5.17. The quantitative estimate of drug-likeness (QED) is 0.850. The summed E-state index contributed by atoms with van der Waals surface area (Å²) >= 11 is 0. The van der Waals surface area contributed by atoms with E-state index in [1.165, 1.54) is 0 Å². The zero-order chi connectivity index (χ0) is 15.3. The zero-order valence-corrected chi connectivity index (χ0v) is 13.0. The maximum absolute atomic E-state index is 12.1. The van der Waals surface area contributed by atoms with Crippen molar-refractivity contribution in [3.63, 3.8) is 0 Å². The highest BCUT2D eigenvalue weighted by atomic mass is 32.2. The molecule has 1 aromatic carbocycles. The summed E-state index contributed by atoms with van der Waals surface area (Å²) in [7, 11) is 0.403. The third kappa shape index (κ3) is 4.70. The zero-order valence-electron chi connectivity index (χ0n) is 12.2. The Hall–Kier alpha value is -1.63.